The van der Waals surface area contributed by atoms with E-state index in [1.165, 1.54) is 28.6 Å². The summed E-state index contributed by atoms with van der Waals surface area (Å²) in [6.07, 6.45) is 0.164. The first-order chi connectivity index (χ1) is 15.1. The van der Waals surface area contributed by atoms with Crippen molar-refractivity contribution in [2.75, 3.05) is 17.2 Å². The molecular weight excluding hydrogens is 437 g/mol. The van der Waals surface area contributed by atoms with Gasteiger partial charge >= 0.3 is 0 Å². The Morgan fingerprint density at radius 1 is 1.22 bits per heavy atom. The summed E-state index contributed by atoms with van der Waals surface area (Å²) in [7, 11) is -4.02. The summed E-state index contributed by atoms with van der Waals surface area (Å²) >= 11 is 0. The summed E-state index contributed by atoms with van der Waals surface area (Å²) < 4.78 is 47.2. The maximum Gasteiger partial charge on any atom is 0.265 e. The Morgan fingerprint density at radius 2 is 1.97 bits per heavy atom. The zero-order valence-electron chi connectivity index (χ0n) is 17.9. The maximum atomic E-state index is 13.5. The molecule has 2 N–H and O–H groups in total. The number of halogens is 1. The number of nitrogens with zero attached hydrogens (tertiary/aromatic N) is 1. The van der Waals surface area contributed by atoms with Crippen LogP contribution in [-0.4, -0.2) is 43.2 Å². The van der Waals surface area contributed by atoms with Crippen molar-refractivity contribution in [3.05, 3.63) is 47.3 Å². The third-order valence-corrected chi connectivity index (χ3v) is 7.80. The van der Waals surface area contributed by atoms with Crippen LogP contribution < -0.4 is 15.4 Å². The molecule has 0 unspecified atom stereocenters. The summed E-state index contributed by atoms with van der Waals surface area (Å²) in [6.45, 7) is 5.07. The highest BCUT2D eigenvalue weighted by Crippen LogP contribution is 2.37. The Morgan fingerprint density at radius 3 is 2.69 bits per heavy atom. The molecule has 170 valence electrons. The van der Waals surface area contributed by atoms with Crippen LogP contribution in [0.5, 0.6) is 5.75 Å². The Kier molecular flexibility index (Phi) is 5.68. The van der Waals surface area contributed by atoms with Crippen LogP contribution in [0.1, 0.15) is 30.9 Å². The number of hydrogen-bond acceptors (Lipinski definition) is 5. The smallest absolute Gasteiger partial charge is 0.265 e. The van der Waals surface area contributed by atoms with E-state index in [1.54, 1.807) is 26.8 Å². The second-order valence-electron chi connectivity index (χ2n) is 8.09. The highest BCUT2D eigenvalue weighted by Gasteiger charge is 2.41. The van der Waals surface area contributed by atoms with Gasteiger partial charge in [0, 0.05) is 18.3 Å². The molecule has 32 heavy (non-hydrogen) atoms. The van der Waals surface area contributed by atoms with Crippen molar-refractivity contribution >= 4 is 33.2 Å². The summed E-state index contributed by atoms with van der Waals surface area (Å²) in [5.74, 6) is -0.919. The van der Waals surface area contributed by atoms with E-state index >= 15 is 0 Å². The third kappa shape index (κ3) is 3.95. The Balaban J connectivity index is 1.63. The zero-order chi connectivity index (χ0) is 23.2. The molecule has 4 rings (SSSR count). The van der Waals surface area contributed by atoms with Crippen LogP contribution >= 0.6 is 0 Å². The number of amides is 2. The molecule has 0 aromatic heterocycles. The molecule has 2 heterocycles. The molecule has 1 fully saturated rings. The molecule has 2 aliphatic heterocycles. The molecule has 0 radical (unpaired) electrons. The van der Waals surface area contributed by atoms with Gasteiger partial charge in [0.2, 0.25) is 15.9 Å². The van der Waals surface area contributed by atoms with E-state index in [1.807, 2.05) is 0 Å². The number of sulfonamides is 1. The first kappa shape index (κ1) is 22.2. The molecule has 2 aliphatic rings. The van der Waals surface area contributed by atoms with E-state index in [2.05, 4.69) is 10.6 Å². The number of hydrogen-bond donors (Lipinski definition) is 2. The number of fused-ring (bicyclic) bond motifs is 1. The topological polar surface area (TPSA) is 105 Å². The Labute approximate surface area is 185 Å². The zero-order valence-corrected chi connectivity index (χ0v) is 18.8. The number of anilines is 2. The van der Waals surface area contributed by atoms with Crippen molar-refractivity contribution in [1.29, 1.82) is 0 Å². The van der Waals surface area contributed by atoms with Crippen molar-refractivity contribution in [2.45, 2.75) is 50.7 Å². The molecule has 0 saturated carbocycles. The van der Waals surface area contributed by atoms with Gasteiger partial charge in [-0.2, -0.15) is 4.31 Å². The summed E-state index contributed by atoms with van der Waals surface area (Å²) in [4.78, 5) is 24.8. The molecular formula is C22H24FN3O5S. The van der Waals surface area contributed by atoms with E-state index in [9.17, 15) is 22.4 Å². The van der Waals surface area contributed by atoms with Gasteiger partial charge in [0.1, 0.15) is 17.6 Å². The van der Waals surface area contributed by atoms with Crippen molar-refractivity contribution in [1.82, 2.24) is 4.31 Å². The molecule has 10 heteroatoms. The molecule has 0 spiro atoms. The standard InChI is InChI=1S/C22H24FN3O5S/c1-12-9-15(23)6-7-16(12)24-22(28)18-5-4-8-26(18)32(29,30)20-11-19-17(10-13(20)2)25-21(27)14(3)31-19/h6-7,9-11,14,18H,4-5,8H2,1-3H3,(H,24,28)(H,25,27)/t14-,18-/m1/s1. The van der Waals surface area contributed by atoms with Gasteiger partial charge in [-0.15, -0.1) is 0 Å². The molecule has 2 aromatic carbocycles. The fourth-order valence-corrected chi connectivity index (χ4v) is 5.90. The van der Waals surface area contributed by atoms with Gasteiger partial charge in [-0.1, -0.05) is 0 Å². The van der Waals surface area contributed by atoms with Crippen molar-refractivity contribution in [3.63, 3.8) is 0 Å². The maximum absolute atomic E-state index is 13.5. The first-order valence-corrected chi connectivity index (χ1v) is 11.7. The van der Waals surface area contributed by atoms with Gasteiger partial charge in [0.15, 0.2) is 6.10 Å². The number of rotatable bonds is 4. The normalized spacial score (nSPS) is 20.9. The lowest BCUT2D eigenvalue weighted by molar-refractivity contribution is -0.122. The van der Waals surface area contributed by atoms with Crippen LogP contribution in [0.3, 0.4) is 0 Å². The van der Waals surface area contributed by atoms with Gasteiger partial charge in [-0.05, 0) is 69.0 Å². The van der Waals surface area contributed by atoms with Crippen LogP contribution in [0, 0.1) is 19.7 Å². The van der Waals surface area contributed by atoms with Crippen LogP contribution in [0.25, 0.3) is 0 Å². The number of benzene rings is 2. The quantitative estimate of drug-likeness (QED) is 0.729. The molecule has 2 aromatic rings. The third-order valence-electron chi connectivity index (χ3n) is 5.75. The fraction of sp³-hybridized carbons (Fsp3) is 0.364. The lowest BCUT2D eigenvalue weighted by Gasteiger charge is -2.27. The molecule has 1 saturated heterocycles. The number of carbonyl (C=O) groups is 2. The largest absolute Gasteiger partial charge is 0.479 e. The number of nitrogens with one attached hydrogen (secondary N) is 2. The van der Waals surface area contributed by atoms with Gasteiger partial charge in [0.05, 0.1) is 10.6 Å². The van der Waals surface area contributed by atoms with Crippen LogP contribution in [0.2, 0.25) is 0 Å². The van der Waals surface area contributed by atoms with E-state index in [0.29, 0.717) is 35.3 Å². The Bertz CT molecular complexity index is 1210. The number of aryl methyl sites for hydroxylation is 2. The van der Waals surface area contributed by atoms with Crippen LogP contribution in [0.15, 0.2) is 35.2 Å². The second kappa shape index (κ2) is 8.18. The number of carbonyl (C=O) groups excluding carboxylic acids is 2. The average molecular weight is 462 g/mol. The van der Waals surface area contributed by atoms with Crippen LogP contribution in [-0.2, 0) is 19.6 Å². The lowest BCUT2D eigenvalue weighted by atomic mass is 10.1. The molecule has 2 amide bonds. The minimum atomic E-state index is -4.02. The average Bonchev–Trinajstić information content (AvgIpc) is 3.22. The van der Waals surface area contributed by atoms with E-state index in [-0.39, 0.29) is 23.1 Å². The SMILES string of the molecule is Cc1cc(F)ccc1NC(=O)[C@H]1CCCN1S(=O)(=O)c1cc2c(cc1C)NC(=O)[C@@H](C)O2. The summed E-state index contributed by atoms with van der Waals surface area (Å²) in [5, 5.41) is 5.42. The first-order valence-electron chi connectivity index (χ1n) is 10.3. The monoisotopic (exact) mass is 461 g/mol. The van der Waals surface area contributed by atoms with Gasteiger partial charge < -0.3 is 15.4 Å². The lowest BCUT2D eigenvalue weighted by Crippen LogP contribution is -2.43. The highest BCUT2D eigenvalue weighted by atomic mass is 32.2. The molecule has 2 atom stereocenters. The number of ether oxygens (including phenoxy) is 1. The van der Waals surface area contributed by atoms with Gasteiger partial charge in [-0.3, -0.25) is 9.59 Å². The highest BCUT2D eigenvalue weighted by molar-refractivity contribution is 7.89. The van der Waals surface area contributed by atoms with E-state index in [4.69, 9.17) is 4.74 Å². The molecule has 0 bridgehead atoms. The molecule has 8 nitrogen and oxygen atoms in total. The minimum absolute atomic E-state index is 0.0252. The van der Waals surface area contributed by atoms with Crippen molar-refractivity contribution in [3.8, 4) is 5.75 Å². The predicted molar refractivity (Wildman–Crippen MR) is 117 cm³/mol. The van der Waals surface area contributed by atoms with Gasteiger partial charge in [0.25, 0.3) is 5.91 Å². The van der Waals surface area contributed by atoms with Crippen LogP contribution in [0.4, 0.5) is 15.8 Å². The van der Waals surface area contributed by atoms with Crippen molar-refractivity contribution in [2.24, 2.45) is 0 Å². The minimum Gasteiger partial charge on any atom is -0.479 e. The Hall–Kier alpha value is -2.98. The summed E-state index contributed by atoms with van der Waals surface area (Å²) in [5.41, 5.74) is 1.82. The van der Waals surface area contributed by atoms with E-state index in [0.717, 1.165) is 0 Å². The fourth-order valence-electron chi connectivity index (χ4n) is 4.02. The molecule has 0 aliphatic carbocycles. The van der Waals surface area contributed by atoms with Crippen molar-refractivity contribution < 1.29 is 27.1 Å². The second-order valence-corrected chi connectivity index (χ2v) is 9.94. The predicted octanol–water partition coefficient (Wildman–Crippen LogP) is 2.95. The summed E-state index contributed by atoms with van der Waals surface area (Å²) in [6, 6.07) is 6.06. The van der Waals surface area contributed by atoms with Gasteiger partial charge in [-0.25, -0.2) is 12.8 Å². The van der Waals surface area contributed by atoms with E-state index < -0.39 is 33.9 Å².